The summed E-state index contributed by atoms with van der Waals surface area (Å²) in [4.78, 5) is 27.7. The van der Waals surface area contributed by atoms with Crippen molar-refractivity contribution in [3.8, 4) is 0 Å². The number of hydrogen-bond donors (Lipinski definition) is 1. The van der Waals surface area contributed by atoms with Gasteiger partial charge in [0.2, 0.25) is 11.8 Å². The van der Waals surface area contributed by atoms with Crippen molar-refractivity contribution in [1.82, 2.24) is 10.2 Å². The molecule has 3 rings (SSSR count). The summed E-state index contributed by atoms with van der Waals surface area (Å²) in [6, 6.07) is 13.7. The van der Waals surface area contributed by atoms with E-state index < -0.39 is 6.04 Å². The van der Waals surface area contributed by atoms with Crippen LogP contribution in [0.5, 0.6) is 0 Å². The molecule has 1 fully saturated rings. The Labute approximate surface area is 202 Å². The predicted octanol–water partition coefficient (Wildman–Crippen LogP) is 5.69. The third kappa shape index (κ3) is 7.62. The standard InChI is InChI=1S/C25H30BrFN2O2S/c1-18(25(31)28-23-5-3-2-4-6-23)29(15-19-9-13-22(27)14-10-19)24(30)17-32-16-20-7-11-21(26)12-8-20/h7-14,18,23H,2-6,15-17H2,1H3,(H,28,31). The molecule has 0 saturated heterocycles. The molecule has 0 aliphatic heterocycles. The normalized spacial score (nSPS) is 15.2. The van der Waals surface area contributed by atoms with Crippen molar-refractivity contribution in [2.45, 2.75) is 63.4 Å². The topological polar surface area (TPSA) is 49.4 Å². The zero-order chi connectivity index (χ0) is 22.9. The Bertz CT molecular complexity index is 886. The third-order valence-electron chi connectivity index (χ3n) is 5.79. The Morgan fingerprint density at radius 3 is 2.34 bits per heavy atom. The predicted molar refractivity (Wildman–Crippen MR) is 132 cm³/mol. The molecule has 2 amide bonds. The number of nitrogens with zero attached hydrogens (tertiary/aromatic N) is 1. The van der Waals surface area contributed by atoms with Gasteiger partial charge in [-0.05, 0) is 55.2 Å². The van der Waals surface area contributed by atoms with Gasteiger partial charge in [0.15, 0.2) is 0 Å². The summed E-state index contributed by atoms with van der Waals surface area (Å²) in [6.45, 7) is 2.05. The molecule has 0 spiro atoms. The minimum atomic E-state index is -0.595. The summed E-state index contributed by atoms with van der Waals surface area (Å²) in [6.07, 6.45) is 5.46. The van der Waals surface area contributed by atoms with Gasteiger partial charge in [-0.1, -0.05) is 59.5 Å². The molecule has 1 N–H and O–H groups in total. The van der Waals surface area contributed by atoms with E-state index in [2.05, 4.69) is 21.2 Å². The highest BCUT2D eigenvalue weighted by atomic mass is 79.9. The Kier molecular flexibility index (Phi) is 9.60. The Balaban J connectivity index is 1.64. The lowest BCUT2D eigenvalue weighted by Gasteiger charge is -2.31. The highest BCUT2D eigenvalue weighted by molar-refractivity contribution is 9.10. The van der Waals surface area contributed by atoms with Crippen molar-refractivity contribution in [2.75, 3.05) is 5.75 Å². The Hall–Kier alpha value is -1.86. The minimum absolute atomic E-state index is 0.0947. The van der Waals surface area contributed by atoms with Crippen molar-refractivity contribution in [1.29, 1.82) is 0 Å². The van der Waals surface area contributed by atoms with Gasteiger partial charge in [-0.3, -0.25) is 9.59 Å². The second-order valence-electron chi connectivity index (χ2n) is 8.29. The van der Waals surface area contributed by atoms with Crippen LogP contribution in [0.3, 0.4) is 0 Å². The molecule has 0 bridgehead atoms. The number of thioether (sulfide) groups is 1. The van der Waals surface area contributed by atoms with Crippen LogP contribution >= 0.6 is 27.7 Å². The molecule has 2 aromatic rings. The molecule has 0 heterocycles. The summed E-state index contributed by atoms with van der Waals surface area (Å²) < 4.78 is 14.4. The first-order valence-electron chi connectivity index (χ1n) is 11.1. The third-order valence-corrected chi connectivity index (χ3v) is 7.31. The molecule has 0 aromatic heterocycles. The number of amides is 2. The van der Waals surface area contributed by atoms with Crippen molar-refractivity contribution < 1.29 is 14.0 Å². The van der Waals surface area contributed by atoms with Crippen LogP contribution in [0.25, 0.3) is 0 Å². The van der Waals surface area contributed by atoms with Crippen molar-refractivity contribution in [3.05, 3.63) is 69.9 Å². The average molecular weight is 521 g/mol. The zero-order valence-corrected chi connectivity index (χ0v) is 20.8. The number of benzene rings is 2. The van der Waals surface area contributed by atoms with E-state index in [-0.39, 0.29) is 36.0 Å². The van der Waals surface area contributed by atoms with Crippen LogP contribution in [0.1, 0.15) is 50.2 Å². The first-order valence-corrected chi connectivity index (χ1v) is 13.0. The van der Waals surface area contributed by atoms with Gasteiger partial charge < -0.3 is 10.2 Å². The van der Waals surface area contributed by atoms with E-state index in [9.17, 15) is 14.0 Å². The number of hydrogen-bond acceptors (Lipinski definition) is 3. The molecule has 4 nitrogen and oxygen atoms in total. The van der Waals surface area contributed by atoms with Crippen LogP contribution in [-0.4, -0.2) is 34.6 Å². The molecule has 32 heavy (non-hydrogen) atoms. The van der Waals surface area contributed by atoms with Gasteiger partial charge >= 0.3 is 0 Å². The fourth-order valence-corrected chi connectivity index (χ4v) is 4.99. The maximum Gasteiger partial charge on any atom is 0.242 e. The van der Waals surface area contributed by atoms with Gasteiger partial charge in [-0.25, -0.2) is 4.39 Å². The van der Waals surface area contributed by atoms with E-state index in [4.69, 9.17) is 0 Å². The highest BCUT2D eigenvalue weighted by Gasteiger charge is 2.28. The lowest BCUT2D eigenvalue weighted by atomic mass is 9.95. The van der Waals surface area contributed by atoms with Gasteiger partial charge in [0.05, 0.1) is 5.75 Å². The molecule has 172 valence electrons. The molecule has 1 saturated carbocycles. The fraction of sp³-hybridized carbons (Fsp3) is 0.440. The lowest BCUT2D eigenvalue weighted by Crippen LogP contribution is -2.50. The maximum atomic E-state index is 13.3. The van der Waals surface area contributed by atoms with Gasteiger partial charge in [0.1, 0.15) is 11.9 Å². The quantitative estimate of drug-likeness (QED) is 0.462. The van der Waals surface area contributed by atoms with Crippen molar-refractivity contribution in [2.24, 2.45) is 0 Å². The van der Waals surface area contributed by atoms with E-state index in [1.807, 2.05) is 24.3 Å². The molecule has 0 radical (unpaired) electrons. The van der Waals surface area contributed by atoms with Gasteiger partial charge in [-0.2, -0.15) is 0 Å². The van der Waals surface area contributed by atoms with E-state index in [1.165, 1.54) is 30.3 Å². The summed E-state index contributed by atoms with van der Waals surface area (Å²) in [5.41, 5.74) is 1.94. The van der Waals surface area contributed by atoms with Crippen LogP contribution in [0, 0.1) is 5.82 Å². The van der Waals surface area contributed by atoms with Crippen LogP contribution < -0.4 is 5.32 Å². The number of carbonyl (C=O) groups excluding carboxylic acids is 2. The lowest BCUT2D eigenvalue weighted by molar-refractivity contribution is -0.139. The van der Waals surface area contributed by atoms with Gasteiger partial charge in [0.25, 0.3) is 0 Å². The Morgan fingerprint density at radius 2 is 1.69 bits per heavy atom. The first kappa shape index (κ1) is 24.8. The number of nitrogens with one attached hydrogen (secondary N) is 1. The highest BCUT2D eigenvalue weighted by Crippen LogP contribution is 2.20. The minimum Gasteiger partial charge on any atom is -0.352 e. The zero-order valence-electron chi connectivity index (χ0n) is 18.4. The monoisotopic (exact) mass is 520 g/mol. The smallest absolute Gasteiger partial charge is 0.242 e. The van der Waals surface area contributed by atoms with Crippen LogP contribution in [0.15, 0.2) is 53.0 Å². The average Bonchev–Trinajstić information content (AvgIpc) is 2.80. The number of rotatable bonds is 9. The molecule has 2 aromatic carbocycles. The van der Waals surface area contributed by atoms with Gasteiger partial charge in [-0.15, -0.1) is 11.8 Å². The molecular weight excluding hydrogens is 491 g/mol. The van der Waals surface area contributed by atoms with E-state index in [0.717, 1.165) is 41.3 Å². The second-order valence-corrected chi connectivity index (χ2v) is 10.2. The van der Waals surface area contributed by atoms with E-state index in [1.54, 1.807) is 24.0 Å². The number of halogens is 2. The van der Waals surface area contributed by atoms with Crippen LogP contribution in [0.2, 0.25) is 0 Å². The fourth-order valence-electron chi connectivity index (χ4n) is 3.86. The molecule has 1 unspecified atom stereocenters. The summed E-state index contributed by atoms with van der Waals surface area (Å²) >= 11 is 4.96. The summed E-state index contributed by atoms with van der Waals surface area (Å²) in [7, 11) is 0. The maximum absolute atomic E-state index is 13.3. The second kappa shape index (κ2) is 12.4. The SMILES string of the molecule is CC(C(=O)NC1CCCCC1)N(Cc1ccc(F)cc1)C(=O)CSCc1ccc(Br)cc1. The van der Waals surface area contributed by atoms with Crippen LogP contribution in [-0.2, 0) is 21.9 Å². The largest absolute Gasteiger partial charge is 0.352 e. The summed E-state index contributed by atoms with van der Waals surface area (Å²) in [5, 5.41) is 3.13. The van der Waals surface area contributed by atoms with Crippen molar-refractivity contribution >= 4 is 39.5 Å². The molecular formula is C25H30BrFN2O2S. The molecule has 1 aliphatic rings. The molecule has 1 atom stereocenters. The van der Waals surface area contributed by atoms with Gasteiger partial charge in [0, 0.05) is 22.8 Å². The molecule has 1 aliphatic carbocycles. The molecule has 7 heteroatoms. The van der Waals surface area contributed by atoms with Crippen molar-refractivity contribution in [3.63, 3.8) is 0 Å². The first-order chi connectivity index (χ1) is 15.4. The van der Waals surface area contributed by atoms with E-state index in [0.29, 0.717) is 5.75 Å². The number of carbonyl (C=O) groups is 2. The summed E-state index contributed by atoms with van der Waals surface area (Å²) in [5.74, 6) is 0.456. The van der Waals surface area contributed by atoms with Crippen LogP contribution in [0.4, 0.5) is 4.39 Å². The Morgan fingerprint density at radius 1 is 1.06 bits per heavy atom. The van der Waals surface area contributed by atoms with E-state index >= 15 is 0 Å².